The molecule has 2 amide bonds. The van der Waals surface area contributed by atoms with Gasteiger partial charge < -0.3 is 9.53 Å². The second-order valence-electron chi connectivity index (χ2n) is 3.44. The van der Waals surface area contributed by atoms with Gasteiger partial charge in [0.25, 0.3) is 9.76 Å². The minimum absolute atomic E-state index is 0.763. The van der Waals surface area contributed by atoms with E-state index in [0.717, 1.165) is 18.2 Å². The summed E-state index contributed by atoms with van der Waals surface area (Å²) in [5.41, 5.74) is -5.41. The molecule has 1 N–H and O–H groups in total. The van der Waals surface area contributed by atoms with Crippen LogP contribution in [-0.4, -0.2) is 38.5 Å². The first-order chi connectivity index (χ1) is 9.31. The van der Waals surface area contributed by atoms with Gasteiger partial charge in [-0.3, -0.25) is 0 Å². The Morgan fingerprint density at radius 3 is 2.50 bits per heavy atom. The number of anilines is 1. The Morgan fingerprint density at radius 1 is 1.35 bits per heavy atom. The number of hydrogen-bond donors (Lipinski definition) is 1. The summed E-state index contributed by atoms with van der Waals surface area (Å²) >= 11 is 0. The number of nitrogens with zero attached hydrogens (tertiary/aromatic N) is 2. The van der Waals surface area contributed by atoms with Gasteiger partial charge in [0.05, 0.1) is 0 Å². The molecule has 0 spiro atoms. The van der Waals surface area contributed by atoms with Crippen LogP contribution < -0.4 is 5.12 Å². The highest BCUT2D eigenvalue weighted by Gasteiger charge is 2.45. The molecule has 1 aromatic carbocycles. The number of amides is 2. The van der Waals surface area contributed by atoms with Gasteiger partial charge in [0.1, 0.15) is 18.3 Å². The summed E-state index contributed by atoms with van der Waals surface area (Å²) in [6.07, 6.45) is 0. The van der Waals surface area contributed by atoms with E-state index in [9.17, 15) is 26.9 Å². The van der Waals surface area contributed by atoms with Crippen molar-refractivity contribution < 1.29 is 36.5 Å². The smallest absolute Gasteiger partial charge is 0.386 e. The van der Waals surface area contributed by atoms with Crippen LogP contribution in [0.2, 0.25) is 0 Å². The normalized spacial score (nSPS) is 11.9. The molecule has 5 nitrogen and oxygen atoms in total. The number of urea groups is 1. The van der Waals surface area contributed by atoms with Crippen molar-refractivity contribution >= 4 is 21.5 Å². The number of benzene rings is 1. The highest BCUT2D eigenvalue weighted by Crippen LogP contribution is 2.25. The lowest BCUT2D eigenvalue weighted by Crippen LogP contribution is -2.49. The van der Waals surface area contributed by atoms with E-state index >= 15 is 0 Å². The van der Waals surface area contributed by atoms with Gasteiger partial charge in [0, 0.05) is 0 Å². The predicted octanol–water partition coefficient (Wildman–Crippen LogP) is 1.42. The van der Waals surface area contributed by atoms with Crippen molar-refractivity contribution in [3.05, 3.63) is 30.1 Å². The minimum atomic E-state index is -4.39. The third-order valence-corrected chi connectivity index (χ3v) is 3.07. The SMILES string of the molecule is O=C(N(F)c1ccccc1F)N(F)C(F)(F)[SiH2]OCO. The predicted molar refractivity (Wildman–Crippen MR) is 60.0 cm³/mol. The zero-order valence-electron chi connectivity index (χ0n) is 9.77. The van der Waals surface area contributed by atoms with E-state index in [1.54, 1.807) is 0 Å². The van der Waals surface area contributed by atoms with Gasteiger partial charge in [-0.25, -0.2) is 9.18 Å². The fraction of sp³-hybridized carbons (Fsp3) is 0.222. The Bertz CT molecular complexity index is 479. The lowest BCUT2D eigenvalue weighted by molar-refractivity contribution is -0.152. The van der Waals surface area contributed by atoms with E-state index < -0.39 is 50.0 Å². The molecular weight excluding hydrogens is 307 g/mol. The van der Waals surface area contributed by atoms with Gasteiger partial charge in [-0.2, -0.15) is 8.78 Å². The molecule has 0 aliphatic heterocycles. The van der Waals surface area contributed by atoms with Crippen molar-refractivity contribution in [3.63, 3.8) is 0 Å². The number of para-hydroxylation sites is 1. The Labute approximate surface area is 112 Å². The zero-order chi connectivity index (χ0) is 15.3. The standard InChI is InChI=1S/C9H9F5N2O3Si/c10-6-3-1-2-4-7(6)15(13)8(18)16(14)9(11,12)20-19-5-17/h1-4,17H,5,20H2. The van der Waals surface area contributed by atoms with Crippen molar-refractivity contribution in [3.8, 4) is 0 Å². The number of aliphatic hydroxyl groups is 1. The van der Waals surface area contributed by atoms with Crippen LogP contribution in [0.15, 0.2) is 24.3 Å². The average Bonchev–Trinajstić information content (AvgIpc) is 2.43. The van der Waals surface area contributed by atoms with Crippen LogP contribution in [0, 0.1) is 5.82 Å². The number of halogens is 5. The van der Waals surface area contributed by atoms with E-state index in [2.05, 4.69) is 4.43 Å². The fourth-order valence-electron chi connectivity index (χ4n) is 1.16. The van der Waals surface area contributed by atoms with Gasteiger partial charge in [-0.15, -0.1) is 5.12 Å². The summed E-state index contributed by atoms with van der Waals surface area (Å²) in [7, 11) is -3.01. The highest BCUT2D eigenvalue weighted by atomic mass is 28.2. The third-order valence-electron chi connectivity index (χ3n) is 2.05. The van der Waals surface area contributed by atoms with Gasteiger partial charge in [-0.1, -0.05) is 26.2 Å². The molecule has 0 saturated heterocycles. The molecule has 11 heteroatoms. The Hall–Kier alpha value is -1.72. The van der Waals surface area contributed by atoms with Crippen LogP contribution in [-0.2, 0) is 4.43 Å². The fourth-order valence-corrected chi connectivity index (χ4v) is 1.74. The van der Waals surface area contributed by atoms with Gasteiger partial charge >= 0.3 is 11.7 Å². The lowest BCUT2D eigenvalue weighted by atomic mass is 10.3. The van der Waals surface area contributed by atoms with Crippen molar-refractivity contribution in [2.45, 2.75) is 5.67 Å². The quantitative estimate of drug-likeness (QED) is 0.294. The Morgan fingerprint density at radius 2 is 1.95 bits per heavy atom. The van der Waals surface area contributed by atoms with Crippen molar-refractivity contribution in [2.24, 2.45) is 0 Å². The topological polar surface area (TPSA) is 53.0 Å². The zero-order valence-corrected chi connectivity index (χ0v) is 11.2. The largest absolute Gasteiger partial charge is 0.392 e. The number of carbonyl (C=O) groups excluding carboxylic acids is 1. The van der Waals surface area contributed by atoms with Crippen molar-refractivity contribution in [1.82, 2.24) is 5.12 Å². The summed E-state index contributed by atoms with van der Waals surface area (Å²) < 4.78 is 69.9. The van der Waals surface area contributed by atoms with Crippen LogP contribution in [0.1, 0.15) is 0 Å². The number of hydrogen-bond acceptors (Lipinski definition) is 3. The maximum Gasteiger partial charge on any atom is 0.386 e. The Balaban J connectivity index is 2.86. The second kappa shape index (κ2) is 6.63. The van der Waals surface area contributed by atoms with Crippen LogP contribution in [0.3, 0.4) is 0 Å². The van der Waals surface area contributed by atoms with Gasteiger partial charge in [0.2, 0.25) is 0 Å². The van der Waals surface area contributed by atoms with Gasteiger partial charge in [0.15, 0.2) is 0 Å². The summed E-state index contributed by atoms with van der Waals surface area (Å²) in [6.45, 7) is -1.09. The van der Waals surface area contributed by atoms with E-state index in [0.29, 0.717) is 0 Å². The maximum atomic E-state index is 13.4. The van der Waals surface area contributed by atoms with Crippen molar-refractivity contribution in [1.29, 1.82) is 0 Å². The first-order valence-corrected chi connectivity index (χ1v) is 6.36. The molecule has 0 aliphatic rings. The van der Waals surface area contributed by atoms with Crippen molar-refractivity contribution in [2.75, 3.05) is 11.9 Å². The van der Waals surface area contributed by atoms with E-state index in [4.69, 9.17) is 5.11 Å². The third kappa shape index (κ3) is 3.65. The van der Waals surface area contributed by atoms with Crippen LogP contribution in [0.4, 0.5) is 32.6 Å². The molecular formula is C9H9F5N2O3Si. The summed E-state index contributed by atoms with van der Waals surface area (Å²) in [5.74, 6) is -1.23. The molecule has 1 aromatic rings. The Kier molecular flexibility index (Phi) is 5.41. The van der Waals surface area contributed by atoms with Gasteiger partial charge in [-0.05, 0) is 12.1 Å². The van der Waals surface area contributed by atoms with E-state index in [-0.39, 0.29) is 0 Å². The first-order valence-electron chi connectivity index (χ1n) is 5.08. The molecule has 0 aromatic heterocycles. The molecule has 0 heterocycles. The molecule has 0 bridgehead atoms. The number of rotatable bonds is 5. The van der Waals surface area contributed by atoms with E-state index in [1.165, 1.54) is 6.07 Å². The molecule has 0 unspecified atom stereocenters. The number of aliphatic hydroxyl groups excluding tert-OH is 1. The molecule has 0 radical (unpaired) electrons. The van der Waals surface area contributed by atoms with E-state index in [1.807, 2.05) is 0 Å². The summed E-state index contributed by atoms with van der Waals surface area (Å²) in [5, 5.41) is 5.41. The molecule has 0 saturated carbocycles. The average molecular weight is 316 g/mol. The van der Waals surface area contributed by atoms with Crippen LogP contribution in [0.5, 0.6) is 0 Å². The minimum Gasteiger partial charge on any atom is -0.392 e. The second-order valence-corrected chi connectivity index (χ2v) is 4.99. The summed E-state index contributed by atoms with van der Waals surface area (Å²) in [6, 6.07) is 1.42. The number of carbonyl (C=O) groups is 1. The van der Waals surface area contributed by atoms with Crippen LogP contribution in [0.25, 0.3) is 0 Å². The molecule has 1 rings (SSSR count). The molecule has 112 valence electrons. The monoisotopic (exact) mass is 316 g/mol. The molecule has 0 atom stereocenters. The lowest BCUT2D eigenvalue weighted by Gasteiger charge is -2.24. The highest BCUT2D eigenvalue weighted by molar-refractivity contribution is 6.31. The number of alkyl halides is 2. The molecule has 20 heavy (non-hydrogen) atoms. The first kappa shape index (κ1) is 16.3. The van der Waals surface area contributed by atoms with Crippen LogP contribution >= 0.6 is 0 Å². The maximum absolute atomic E-state index is 13.4. The summed E-state index contributed by atoms with van der Waals surface area (Å²) in [4.78, 5) is 11.2. The molecule has 0 fully saturated rings. The molecule has 0 aliphatic carbocycles.